The summed E-state index contributed by atoms with van der Waals surface area (Å²) in [7, 11) is 1.89. The van der Waals surface area contributed by atoms with E-state index >= 15 is 0 Å². The lowest BCUT2D eigenvalue weighted by atomic mass is 9.93. The van der Waals surface area contributed by atoms with Crippen LogP contribution >= 0.6 is 23.2 Å². The molecule has 10 nitrogen and oxygen atoms in total. The standard InChI is InChI=1S/C25H33Cl2N5O5/c1-25(2,3)37-24(36)29-18(22(33)34)8-11-28-23(35)32-12-9-15(10-13-32)20-14-19(30-31(20)4)16-6-5-7-17(26)21(16)27/h5-7,14-15,18H,8-13H2,1-4H3,(H,28,35)(H,29,36)(H,33,34)/t18-/m0/s1. The quantitative estimate of drug-likeness (QED) is 0.458. The van der Waals surface area contributed by atoms with Crippen molar-refractivity contribution in [1.29, 1.82) is 0 Å². The summed E-state index contributed by atoms with van der Waals surface area (Å²) in [5, 5.41) is 20.0. The molecule has 0 aliphatic carbocycles. The van der Waals surface area contributed by atoms with Crippen molar-refractivity contribution < 1.29 is 24.2 Å². The molecule has 1 aromatic heterocycles. The van der Waals surface area contributed by atoms with Crippen LogP contribution in [0.5, 0.6) is 0 Å². The van der Waals surface area contributed by atoms with Crippen molar-refractivity contribution in [2.75, 3.05) is 19.6 Å². The molecule has 0 bridgehead atoms. The molecule has 1 atom stereocenters. The first-order valence-corrected chi connectivity index (χ1v) is 12.8. The number of carbonyl (C=O) groups excluding carboxylic acids is 2. The minimum atomic E-state index is -1.20. The molecule has 2 heterocycles. The van der Waals surface area contributed by atoms with Crippen molar-refractivity contribution in [1.82, 2.24) is 25.3 Å². The van der Waals surface area contributed by atoms with Gasteiger partial charge in [0.1, 0.15) is 11.6 Å². The van der Waals surface area contributed by atoms with Crippen LogP contribution in [0.15, 0.2) is 24.3 Å². The lowest BCUT2D eigenvalue weighted by Gasteiger charge is -2.32. The first kappa shape index (κ1) is 28.6. The number of carboxylic acid groups (broad SMARTS) is 1. The van der Waals surface area contributed by atoms with Crippen LogP contribution in [0.25, 0.3) is 11.3 Å². The van der Waals surface area contributed by atoms with Gasteiger partial charge in [-0.2, -0.15) is 5.10 Å². The number of alkyl carbamates (subject to hydrolysis) is 1. The van der Waals surface area contributed by atoms with E-state index in [1.165, 1.54) is 0 Å². The van der Waals surface area contributed by atoms with Crippen LogP contribution in [-0.4, -0.2) is 69.2 Å². The summed E-state index contributed by atoms with van der Waals surface area (Å²) in [6, 6.07) is 6.02. The second kappa shape index (κ2) is 12.0. The van der Waals surface area contributed by atoms with Crippen LogP contribution in [0.4, 0.5) is 9.59 Å². The van der Waals surface area contributed by atoms with Gasteiger partial charge in [-0.05, 0) is 52.2 Å². The molecule has 0 spiro atoms. The number of halogens is 2. The minimum Gasteiger partial charge on any atom is -0.480 e. The SMILES string of the molecule is Cn1nc(-c2cccc(Cl)c2Cl)cc1C1CCN(C(=O)NCC[C@H](NC(=O)OC(C)(C)C)C(=O)O)CC1. The minimum absolute atomic E-state index is 0.0284. The van der Waals surface area contributed by atoms with Crippen molar-refractivity contribution in [3.05, 3.63) is 40.0 Å². The van der Waals surface area contributed by atoms with Crippen molar-refractivity contribution >= 4 is 41.3 Å². The summed E-state index contributed by atoms with van der Waals surface area (Å²) >= 11 is 12.5. The van der Waals surface area contributed by atoms with E-state index in [9.17, 15) is 19.5 Å². The molecule has 37 heavy (non-hydrogen) atoms. The smallest absolute Gasteiger partial charge is 0.408 e. The number of aryl methyl sites for hydroxylation is 1. The summed E-state index contributed by atoms with van der Waals surface area (Å²) in [5.41, 5.74) is 1.84. The van der Waals surface area contributed by atoms with Gasteiger partial charge < -0.3 is 25.4 Å². The number of piperidine rings is 1. The number of likely N-dealkylation sites (tertiary alicyclic amines) is 1. The number of urea groups is 1. The number of hydrogen-bond acceptors (Lipinski definition) is 5. The molecule has 0 saturated carbocycles. The number of rotatable bonds is 7. The summed E-state index contributed by atoms with van der Waals surface area (Å²) in [6.07, 6.45) is 0.728. The van der Waals surface area contributed by atoms with E-state index in [0.717, 1.165) is 29.8 Å². The third kappa shape index (κ3) is 7.75. The summed E-state index contributed by atoms with van der Waals surface area (Å²) in [4.78, 5) is 37.7. The summed E-state index contributed by atoms with van der Waals surface area (Å²) in [5.74, 6) is -0.974. The average Bonchev–Trinajstić information content (AvgIpc) is 3.20. The van der Waals surface area contributed by atoms with Crippen molar-refractivity contribution in [2.45, 2.75) is 57.6 Å². The van der Waals surface area contributed by atoms with E-state index in [1.54, 1.807) is 31.7 Å². The van der Waals surface area contributed by atoms with Crippen LogP contribution < -0.4 is 10.6 Å². The molecule has 12 heteroatoms. The van der Waals surface area contributed by atoms with Crippen LogP contribution in [-0.2, 0) is 16.6 Å². The molecule has 3 N–H and O–H groups in total. The Hall–Kier alpha value is -2.98. The summed E-state index contributed by atoms with van der Waals surface area (Å²) in [6.45, 7) is 6.26. The van der Waals surface area contributed by atoms with Gasteiger partial charge in [-0.25, -0.2) is 14.4 Å². The van der Waals surface area contributed by atoms with Gasteiger partial charge in [-0.15, -0.1) is 0 Å². The van der Waals surface area contributed by atoms with Gasteiger partial charge in [-0.1, -0.05) is 35.3 Å². The second-order valence-corrected chi connectivity index (χ2v) is 10.8. The van der Waals surface area contributed by atoms with Crippen molar-refractivity contribution in [2.24, 2.45) is 7.05 Å². The van der Waals surface area contributed by atoms with Crippen LogP contribution in [0.2, 0.25) is 10.0 Å². The van der Waals surface area contributed by atoms with E-state index in [4.69, 9.17) is 27.9 Å². The first-order chi connectivity index (χ1) is 17.4. The number of carbonyl (C=O) groups is 3. The number of nitrogens with one attached hydrogen (secondary N) is 2. The molecule has 0 unspecified atom stereocenters. The molecule has 1 aromatic carbocycles. The van der Waals surface area contributed by atoms with E-state index in [1.807, 2.05) is 29.9 Å². The predicted molar refractivity (Wildman–Crippen MR) is 141 cm³/mol. The second-order valence-electron chi connectivity index (χ2n) is 10.00. The Morgan fingerprint density at radius 2 is 1.89 bits per heavy atom. The van der Waals surface area contributed by atoms with Crippen LogP contribution in [0.3, 0.4) is 0 Å². The van der Waals surface area contributed by atoms with Crippen molar-refractivity contribution in [3.8, 4) is 11.3 Å². The fraction of sp³-hybridized carbons (Fsp3) is 0.520. The maximum atomic E-state index is 12.6. The normalized spacial score (nSPS) is 15.2. The van der Waals surface area contributed by atoms with Crippen molar-refractivity contribution in [3.63, 3.8) is 0 Å². The van der Waals surface area contributed by atoms with Gasteiger partial charge in [-0.3, -0.25) is 4.68 Å². The van der Waals surface area contributed by atoms with E-state index in [2.05, 4.69) is 15.7 Å². The molecule has 202 valence electrons. The van der Waals surface area contributed by atoms with Crippen LogP contribution in [0, 0.1) is 0 Å². The zero-order valence-corrected chi connectivity index (χ0v) is 22.9. The molecule has 1 saturated heterocycles. The molecule has 0 radical (unpaired) electrons. The van der Waals surface area contributed by atoms with Gasteiger partial charge >= 0.3 is 18.1 Å². The first-order valence-electron chi connectivity index (χ1n) is 12.1. The number of carboxylic acids is 1. The Morgan fingerprint density at radius 3 is 2.51 bits per heavy atom. The van der Waals surface area contributed by atoms with E-state index < -0.39 is 23.7 Å². The van der Waals surface area contributed by atoms with E-state index in [-0.39, 0.29) is 24.9 Å². The molecule has 3 rings (SSSR count). The Labute approximate surface area is 226 Å². The maximum absolute atomic E-state index is 12.6. The number of nitrogens with zero attached hydrogens (tertiary/aromatic N) is 3. The van der Waals surface area contributed by atoms with Crippen LogP contribution in [0.1, 0.15) is 51.6 Å². The highest BCUT2D eigenvalue weighted by molar-refractivity contribution is 6.43. The summed E-state index contributed by atoms with van der Waals surface area (Å²) < 4.78 is 6.95. The molecular weight excluding hydrogens is 521 g/mol. The number of aliphatic carboxylic acids is 1. The highest BCUT2D eigenvalue weighted by Gasteiger charge is 2.28. The molecule has 2 aromatic rings. The Balaban J connectivity index is 1.50. The zero-order chi connectivity index (χ0) is 27.3. The zero-order valence-electron chi connectivity index (χ0n) is 21.4. The fourth-order valence-corrected chi connectivity index (χ4v) is 4.62. The highest BCUT2D eigenvalue weighted by Crippen LogP contribution is 2.35. The lowest BCUT2D eigenvalue weighted by molar-refractivity contribution is -0.139. The molecule has 1 fully saturated rings. The Bertz CT molecular complexity index is 1140. The number of amides is 3. The lowest BCUT2D eigenvalue weighted by Crippen LogP contribution is -2.47. The largest absolute Gasteiger partial charge is 0.480 e. The van der Waals surface area contributed by atoms with Gasteiger partial charge in [0.2, 0.25) is 0 Å². The molecule has 1 aliphatic heterocycles. The highest BCUT2D eigenvalue weighted by atomic mass is 35.5. The number of benzene rings is 1. The molecular formula is C25H33Cl2N5O5. The predicted octanol–water partition coefficient (Wildman–Crippen LogP) is 4.65. The van der Waals surface area contributed by atoms with Gasteiger partial charge in [0.05, 0.1) is 15.7 Å². The molecule has 3 amide bonds. The monoisotopic (exact) mass is 553 g/mol. The van der Waals surface area contributed by atoms with Gasteiger partial charge in [0, 0.05) is 43.9 Å². The number of ether oxygens (including phenoxy) is 1. The maximum Gasteiger partial charge on any atom is 0.408 e. The fourth-order valence-electron chi connectivity index (χ4n) is 4.22. The topological polar surface area (TPSA) is 126 Å². The Kier molecular flexibility index (Phi) is 9.31. The third-order valence-electron chi connectivity index (χ3n) is 6.04. The van der Waals surface area contributed by atoms with Gasteiger partial charge in [0.25, 0.3) is 0 Å². The number of aromatic nitrogens is 2. The Morgan fingerprint density at radius 1 is 1.22 bits per heavy atom. The van der Waals surface area contributed by atoms with Gasteiger partial charge in [0.15, 0.2) is 0 Å². The van der Waals surface area contributed by atoms with E-state index in [0.29, 0.717) is 23.1 Å². The third-order valence-corrected chi connectivity index (χ3v) is 6.86. The molecule has 1 aliphatic rings. The number of hydrogen-bond donors (Lipinski definition) is 3. The average molecular weight is 554 g/mol.